The Balaban J connectivity index is 1.26. The molecule has 0 radical (unpaired) electrons. The normalized spacial score (nSPS) is 17.6. The first kappa shape index (κ1) is 22.8. The summed E-state index contributed by atoms with van der Waals surface area (Å²) in [6.07, 6.45) is 2.27. The monoisotopic (exact) mass is 466 g/mol. The third-order valence-corrected chi connectivity index (χ3v) is 6.75. The first-order valence-electron chi connectivity index (χ1n) is 10.9. The van der Waals surface area contributed by atoms with Gasteiger partial charge in [0.1, 0.15) is 11.0 Å². The molecule has 1 fully saturated rings. The second kappa shape index (κ2) is 10.5. The zero-order valence-electron chi connectivity index (χ0n) is 18.4. The number of amides is 3. The number of methoxy groups -OCH3 is 1. The van der Waals surface area contributed by atoms with Crippen LogP contribution in [-0.2, 0) is 16.1 Å². The molecule has 4 rings (SSSR count). The summed E-state index contributed by atoms with van der Waals surface area (Å²) in [6.45, 7) is 2.17. The number of thioether (sulfide) groups is 1. The molecular formula is C24H26N4O4S. The fraction of sp³-hybridized carbons (Fsp3) is 0.333. The lowest BCUT2D eigenvalue weighted by Crippen LogP contribution is -2.25. The highest BCUT2D eigenvalue weighted by Gasteiger charge is 2.33. The van der Waals surface area contributed by atoms with Gasteiger partial charge in [0.2, 0.25) is 5.91 Å². The van der Waals surface area contributed by atoms with Crippen LogP contribution in [0.4, 0.5) is 5.69 Å². The van der Waals surface area contributed by atoms with Crippen molar-refractivity contribution < 1.29 is 19.1 Å². The highest BCUT2D eigenvalue weighted by Crippen LogP contribution is 2.29. The number of anilines is 1. The molecular weight excluding hydrogens is 440 g/mol. The molecule has 0 aromatic heterocycles. The SMILES string of the molecule is COc1ccccc1CNC(=O)c1ccc(NC(=O)CC2SC(N3CCCC3)=NC2=O)cc1. The third kappa shape index (κ3) is 5.73. The predicted octanol–water partition coefficient (Wildman–Crippen LogP) is 3.05. The Morgan fingerprint density at radius 1 is 1.12 bits per heavy atom. The molecule has 0 spiro atoms. The van der Waals surface area contributed by atoms with E-state index in [4.69, 9.17) is 4.74 Å². The smallest absolute Gasteiger partial charge is 0.262 e. The highest BCUT2D eigenvalue weighted by atomic mass is 32.2. The number of hydrogen-bond acceptors (Lipinski definition) is 6. The quantitative estimate of drug-likeness (QED) is 0.651. The van der Waals surface area contributed by atoms with Gasteiger partial charge in [-0.1, -0.05) is 30.0 Å². The Morgan fingerprint density at radius 3 is 2.58 bits per heavy atom. The molecule has 9 heteroatoms. The fourth-order valence-electron chi connectivity index (χ4n) is 3.76. The van der Waals surface area contributed by atoms with Crippen LogP contribution in [0.5, 0.6) is 5.75 Å². The van der Waals surface area contributed by atoms with Crippen molar-refractivity contribution in [3.8, 4) is 5.75 Å². The van der Waals surface area contributed by atoms with Crippen molar-refractivity contribution in [3.63, 3.8) is 0 Å². The van der Waals surface area contributed by atoms with Gasteiger partial charge in [0.25, 0.3) is 11.8 Å². The van der Waals surface area contributed by atoms with Gasteiger partial charge in [-0.05, 0) is 43.2 Å². The molecule has 8 nitrogen and oxygen atoms in total. The second-order valence-corrected chi connectivity index (χ2v) is 9.03. The van der Waals surface area contributed by atoms with Gasteiger partial charge in [0, 0.05) is 42.9 Å². The lowest BCUT2D eigenvalue weighted by atomic mass is 10.1. The molecule has 1 saturated heterocycles. The van der Waals surface area contributed by atoms with Gasteiger partial charge < -0.3 is 20.3 Å². The summed E-state index contributed by atoms with van der Waals surface area (Å²) in [5.74, 6) is -0.0164. The summed E-state index contributed by atoms with van der Waals surface area (Å²) < 4.78 is 5.30. The Hall–Kier alpha value is -3.33. The van der Waals surface area contributed by atoms with Crippen molar-refractivity contribution in [1.29, 1.82) is 0 Å². The van der Waals surface area contributed by atoms with E-state index in [1.54, 1.807) is 31.4 Å². The lowest BCUT2D eigenvalue weighted by molar-refractivity contribution is -0.121. The van der Waals surface area contributed by atoms with Gasteiger partial charge in [0.05, 0.1) is 7.11 Å². The van der Waals surface area contributed by atoms with Crippen molar-refractivity contribution in [2.24, 2.45) is 4.99 Å². The van der Waals surface area contributed by atoms with Crippen LogP contribution in [0.15, 0.2) is 53.5 Å². The Kier molecular flexibility index (Phi) is 7.29. The fourth-order valence-corrected chi connectivity index (χ4v) is 4.88. The van der Waals surface area contributed by atoms with E-state index in [1.807, 2.05) is 24.3 Å². The van der Waals surface area contributed by atoms with Crippen LogP contribution < -0.4 is 15.4 Å². The van der Waals surface area contributed by atoms with Crippen molar-refractivity contribution in [2.75, 3.05) is 25.5 Å². The number of ether oxygens (including phenoxy) is 1. The minimum atomic E-state index is -0.486. The Morgan fingerprint density at radius 2 is 1.85 bits per heavy atom. The van der Waals surface area contributed by atoms with Gasteiger partial charge in [0.15, 0.2) is 5.17 Å². The van der Waals surface area contributed by atoms with Gasteiger partial charge >= 0.3 is 0 Å². The van der Waals surface area contributed by atoms with Gasteiger partial charge in [-0.3, -0.25) is 14.4 Å². The number of rotatable bonds is 7. The van der Waals surface area contributed by atoms with Crippen LogP contribution >= 0.6 is 11.8 Å². The van der Waals surface area contributed by atoms with E-state index in [-0.39, 0.29) is 24.1 Å². The average Bonchev–Trinajstić information content (AvgIpc) is 3.48. The number of nitrogens with zero attached hydrogens (tertiary/aromatic N) is 2. The van der Waals surface area contributed by atoms with Crippen LogP contribution in [-0.4, -0.2) is 53.2 Å². The van der Waals surface area contributed by atoms with Crippen molar-refractivity contribution in [2.45, 2.75) is 31.1 Å². The average molecular weight is 467 g/mol. The molecule has 2 aliphatic rings. The minimum absolute atomic E-state index is 0.0610. The number of carbonyl (C=O) groups excluding carboxylic acids is 3. The summed E-state index contributed by atoms with van der Waals surface area (Å²) in [4.78, 5) is 43.3. The highest BCUT2D eigenvalue weighted by molar-refractivity contribution is 8.15. The molecule has 0 aliphatic carbocycles. The van der Waals surface area contributed by atoms with E-state index >= 15 is 0 Å². The van der Waals surface area contributed by atoms with E-state index in [9.17, 15) is 14.4 Å². The van der Waals surface area contributed by atoms with Crippen LogP contribution in [0.2, 0.25) is 0 Å². The molecule has 0 saturated carbocycles. The molecule has 0 bridgehead atoms. The summed E-state index contributed by atoms with van der Waals surface area (Å²) >= 11 is 1.37. The molecule has 1 atom stereocenters. The lowest BCUT2D eigenvalue weighted by Gasteiger charge is -2.16. The number of para-hydroxylation sites is 1. The maximum absolute atomic E-state index is 12.5. The first-order chi connectivity index (χ1) is 16.0. The summed E-state index contributed by atoms with van der Waals surface area (Å²) in [7, 11) is 1.59. The number of hydrogen-bond donors (Lipinski definition) is 2. The summed E-state index contributed by atoms with van der Waals surface area (Å²) in [5.41, 5.74) is 1.93. The van der Waals surface area contributed by atoms with Crippen LogP contribution in [0.3, 0.4) is 0 Å². The molecule has 2 aromatic rings. The van der Waals surface area contributed by atoms with Gasteiger partial charge in [-0.2, -0.15) is 4.99 Å². The third-order valence-electron chi connectivity index (χ3n) is 5.54. The predicted molar refractivity (Wildman–Crippen MR) is 128 cm³/mol. The number of likely N-dealkylation sites (tertiary alicyclic amines) is 1. The maximum atomic E-state index is 12.5. The first-order valence-corrected chi connectivity index (χ1v) is 11.8. The Labute approximate surface area is 196 Å². The molecule has 2 aromatic carbocycles. The topological polar surface area (TPSA) is 100 Å². The molecule has 3 amide bonds. The van der Waals surface area contributed by atoms with Crippen LogP contribution in [0.25, 0.3) is 0 Å². The van der Waals surface area contributed by atoms with E-state index in [0.717, 1.165) is 36.7 Å². The standard InChI is InChI=1S/C24H26N4O4S/c1-32-19-7-3-2-6-17(19)15-25-22(30)16-8-10-18(11-9-16)26-21(29)14-20-23(31)27-24(33-20)28-12-4-5-13-28/h2-3,6-11,20H,4-5,12-15H2,1H3,(H,25,30)(H,26,29). The number of carbonyl (C=O) groups is 3. The molecule has 2 N–H and O–H groups in total. The van der Waals surface area contributed by atoms with Gasteiger partial charge in [-0.25, -0.2) is 0 Å². The van der Waals surface area contributed by atoms with E-state index < -0.39 is 5.25 Å². The van der Waals surface area contributed by atoms with Crippen LogP contribution in [0, 0.1) is 0 Å². The van der Waals surface area contributed by atoms with Crippen LogP contribution in [0.1, 0.15) is 35.2 Å². The largest absolute Gasteiger partial charge is 0.496 e. The van der Waals surface area contributed by atoms with Crippen molar-refractivity contribution in [1.82, 2.24) is 10.2 Å². The van der Waals surface area contributed by atoms with E-state index in [0.29, 0.717) is 23.5 Å². The molecule has 1 unspecified atom stereocenters. The zero-order valence-corrected chi connectivity index (χ0v) is 19.2. The number of aliphatic imine (C=N–C) groups is 1. The van der Waals surface area contributed by atoms with E-state index in [1.165, 1.54) is 11.8 Å². The molecule has 2 heterocycles. The number of nitrogens with one attached hydrogen (secondary N) is 2. The van der Waals surface area contributed by atoms with Gasteiger partial charge in [-0.15, -0.1) is 0 Å². The molecule has 172 valence electrons. The minimum Gasteiger partial charge on any atom is -0.496 e. The van der Waals surface area contributed by atoms with Crippen molar-refractivity contribution >= 4 is 40.3 Å². The number of benzene rings is 2. The maximum Gasteiger partial charge on any atom is 0.262 e. The summed E-state index contributed by atoms with van der Waals surface area (Å²) in [6, 6.07) is 14.1. The molecule has 2 aliphatic heterocycles. The Bertz CT molecular complexity index is 1060. The van der Waals surface area contributed by atoms with Crippen molar-refractivity contribution in [3.05, 3.63) is 59.7 Å². The van der Waals surface area contributed by atoms with E-state index in [2.05, 4.69) is 20.5 Å². The number of amidine groups is 1. The summed E-state index contributed by atoms with van der Waals surface area (Å²) in [5, 5.41) is 5.91. The molecule has 33 heavy (non-hydrogen) atoms. The second-order valence-electron chi connectivity index (χ2n) is 7.86. The zero-order chi connectivity index (χ0) is 23.2.